The van der Waals surface area contributed by atoms with Crippen LogP contribution < -0.4 is 14.8 Å². The second-order valence-corrected chi connectivity index (χ2v) is 10.2. The van der Waals surface area contributed by atoms with Gasteiger partial charge < -0.3 is 14.8 Å². The van der Waals surface area contributed by atoms with Crippen molar-refractivity contribution in [3.8, 4) is 11.5 Å². The first-order chi connectivity index (χ1) is 16.8. The number of nitrogens with one attached hydrogen (secondary N) is 1. The molecule has 3 rings (SSSR count). The lowest BCUT2D eigenvalue weighted by Gasteiger charge is -2.24. The Bertz CT molecular complexity index is 1250. The van der Waals surface area contributed by atoms with Crippen LogP contribution in [0.4, 0.5) is 0 Å². The molecule has 0 aliphatic carbocycles. The van der Waals surface area contributed by atoms with Crippen LogP contribution in [0.25, 0.3) is 0 Å². The highest BCUT2D eigenvalue weighted by atomic mass is 32.2. The highest BCUT2D eigenvalue weighted by Gasteiger charge is 2.28. The summed E-state index contributed by atoms with van der Waals surface area (Å²) < 4.78 is 39.0. The molecule has 7 nitrogen and oxygen atoms in total. The number of hydrogen-bond donors (Lipinski definition) is 1. The average molecular weight is 497 g/mol. The van der Waals surface area contributed by atoms with Crippen LogP contribution in [-0.2, 0) is 21.2 Å². The predicted molar refractivity (Wildman–Crippen MR) is 136 cm³/mol. The van der Waals surface area contributed by atoms with Crippen LogP contribution in [0, 0.1) is 6.92 Å². The molecule has 0 radical (unpaired) electrons. The van der Waals surface area contributed by atoms with Crippen molar-refractivity contribution in [2.24, 2.45) is 0 Å². The number of nitrogens with zero attached hydrogens (tertiary/aromatic N) is 1. The van der Waals surface area contributed by atoms with Crippen molar-refractivity contribution in [3.05, 3.63) is 89.5 Å². The number of sulfonamides is 1. The van der Waals surface area contributed by atoms with Crippen molar-refractivity contribution >= 4 is 15.9 Å². The first-order valence-corrected chi connectivity index (χ1v) is 12.8. The van der Waals surface area contributed by atoms with Gasteiger partial charge in [0.2, 0.25) is 15.9 Å². The van der Waals surface area contributed by atoms with Crippen LogP contribution in [-0.4, -0.2) is 45.9 Å². The molecule has 1 unspecified atom stereocenters. The fourth-order valence-electron chi connectivity index (χ4n) is 3.89. The fraction of sp³-hybridized carbons (Fsp3) is 0.296. The van der Waals surface area contributed by atoms with Gasteiger partial charge >= 0.3 is 0 Å². The Morgan fingerprint density at radius 2 is 1.60 bits per heavy atom. The topological polar surface area (TPSA) is 84.9 Å². The van der Waals surface area contributed by atoms with Crippen LogP contribution in [0.2, 0.25) is 0 Å². The summed E-state index contributed by atoms with van der Waals surface area (Å²) in [4.78, 5) is 13.1. The smallest absolute Gasteiger partial charge is 0.243 e. The van der Waals surface area contributed by atoms with Crippen molar-refractivity contribution in [3.63, 3.8) is 0 Å². The number of benzene rings is 3. The third-order valence-corrected chi connectivity index (χ3v) is 7.64. The number of ether oxygens (including phenoxy) is 2. The maximum absolute atomic E-state index is 13.6. The Hall–Kier alpha value is -3.36. The van der Waals surface area contributed by atoms with E-state index >= 15 is 0 Å². The molecule has 3 aromatic rings. The number of aryl methyl sites for hydroxylation is 1. The summed E-state index contributed by atoms with van der Waals surface area (Å²) in [5.74, 6) is 0.857. The van der Waals surface area contributed by atoms with Gasteiger partial charge in [0.25, 0.3) is 0 Å². The summed E-state index contributed by atoms with van der Waals surface area (Å²) >= 11 is 0. The van der Waals surface area contributed by atoms with Crippen LogP contribution in [0.15, 0.2) is 77.7 Å². The molecule has 0 aliphatic rings. The monoisotopic (exact) mass is 496 g/mol. The Morgan fingerprint density at radius 1 is 0.943 bits per heavy atom. The highest BCUT2D eigenvalue weighted by Crippen LogP contribution is 2.26. The molecule has 35 heavy (non-hydrogen) atoms. The number of carbonyl (C=O) groups excluding carboxylic acids is 1. The molecule has 0 bridgehead atoms. The van der Waals surface area contributed by atoms with Crippen molar-refractivity contribution < 1.29 is 22.7 Å². The summed E-state index contributed by atoms with van der Waals surface area (Å²) in [5.41, 5.74) is 2.50. The number of hydrogen-bond acceptors (Lipinski definition) is 5. The van der Waals surface area contributed by atoms with Crippen molar-refractivity contribution in [1.82, 2.24) is 9.62 Å². The Labute approximate surface area is 207 Å². The van der Waals surface area contributed by atoms with Gasteiger partial charge in [-0.15, -0.1) is 0 Å². The zero-order valence-corrected chi connectivity index (χ0v) is 21.3. The summed E-state index contributed by atoms with van der Waals surface area (Å²) in [6.45, 7) is 3.48. The predicted octanol–water partition coefficient (Wildman–Crippen LogP) is 4.12. The lowest BCUT2D eigenvalue weighted by Crippen LogP contribution is -2.42. The van der Waals surface area contributed by atoms with E-state index in [9.17, 15) is 13.2 Å². The third-order valence-electron chi connectivity index (χ3n) is 5.80. The van der Waals surface area contributed by atoms with Gasteiger partial charge in [-0.1, -0.05) is 48.5 Å². The molecular formula is C27H32N2O5S. The van der Waals surface area contributed by atoms with Crippen molar-refractivity contribution in [2.75, 3.05) is 27.3 Å². The van der Waals surface area contributed by atoms with E-state index in [1.807, 2.05) is 61.5 Å². The molecule has 186 valence electrons. The molecule has 0 saturated heterocycles. The Kier molecular flexibility index (Phi) is 8.89. The first-order valence-electron chi connectivity index (χ1n) is 11.4. The second kappa shape index (κ2) is 11.9. The van der Waals surface area contributed by atoms with Gasteiger partial charge in [0.1, 0.15) is 11.5 Å². The Morgan fingerprint density at radius 3 is 2.26 bits per heavy atom. The Balaban J connectivity index is 1.83. The van der Waals surface area contributed by atoms with E-state index in [0.717, 1.165) is 11.1 Å². The summed E-state index contributed by atoms with van der Waals surface area (Å²) in [7, 11) is -0.826. The van der Waals surface area contributed by atoms with E-state index in [2.05, 4.69) is 5.32 Å². The third kappa shape index (κ3) is 6.61. The summed E-state index contributed by atoms with van der Waals surface area (Å²) in [5, 5.41) is 2.91. The molecule has 1 amide bonds. The van der Waals surface area contributed by atoms with E-state index in [0.29, 0.717) is 23.5 Å². The maximum atomic E-state index is 13.6. The van der Waals surface area contributed by atoms with Gasteiger partial charge in [0.15, 0.2) is 0 Å². The van der Waals surface area contributed by atoms with E-state index in [-0.39, 0.29) is 24.0 Å². The maximum Gasteiger partial charge on any atom is 0.243 e. The van der Waals surface area contributed by atoms with Gasteiger partial charge in [-0.2, -0.15) is 4.31 Å². The molecule has 3 aromatic carbocycles. The molecular weight excluding hydrogens is 464 g/mol. The highest BCUT2D eigenvalue weighted by molar-refractivity contribution is 7.89. The number of para-hydroxylation sites is 1. The lowest BCUT2D eigenvalue weighted by atomic mass is 10.1. The fourth-order valence-corrected chi connectivity index (χ4v) is 5.38. The van der Waals surface area contributed by atoms with Gasteiger partial charge in [0.05, 0.1) is 31.7 Å². The van der Waals surface area contributed by atoms with Gasteiger partial charge in [-0.05, 0) is 55.7 Å². The minimum Gasteiger partial charge on any atom is -0.496 e. The molecule has 0 heterocycles. The molecule has 0 spiro atoms. The number of amides is 1. The van der Waals surface area contributed by atoms with Crippen LogP contribution in [0.3, 0.4) is 0 Å². The van der Waals surface area contributed by atoms with E-state index in [4.69, 9.17) is 9.47 Å². The molecule has 1 atom stereocenters. The van der Waals surface area contributed by atoms with E-state index in [1.165, 1.54) is 17.5 Å². The van der Waals surface area contributed by atoms with Crippen molar-refractivity contribution in [1.29, 1.82) is 0 Å². The average Bonchev–Trinajstić information content (AvgIpc) is 2.86. The number of carbonyl (C=O) groups is 1. The molecule has 8 heteroatoms. The number of methoxy groups -OCH3 is 2. The van der Waals surface area contributed by atoms with Crippen LogP contribution in [0.5, 0.6) is 11.5 Å². The van der Waals surface area contributed by atoms with E-state index < -0.39 is 15.9 Å². The van der Waals surface area contributed by atoms with Gasteiger partial charge in [0, 0.05) is 12.1 Å². The van der Waals surface area contributed by atoms with Gasteiger partial charge in [-0.25, -0.2) is 8.42 Å². The molecule has 0 aromatic heterocycles. The quantitative estimate of drug-likeness (QED) is 0.432. The standard InChI is InChI=1S/C27H32N2O5S/c1-20-18-23(14-15-25(20)33-3)35(31,32)29(17-16-22-10-6-5-7-11-22)19-27(30)28-21(2)24-12-8-9-13-26(24)34-4/h5-15,18,21H,16-17,19H2,1-4H3,(H,28,30). The minimum absolute atomic E-state index is 0.120. The van der Waals surface area contributed by atoms with Gasteiger partial charge in [-0.3, -0.25) is 4.79 Å². The van der Waals surface area contributed by atoms with Crippen molar-refractivity contribution in [2.45, 2.75) is 31.2 Å². The zero-order valence-electron chi connectivity index (χ0n) is 20.5. The van der Waals surface area contributed by atoms with Crippen LogP contribution in [0.1, 0.15) is 29.7 Å². The largest absolute Gasteiger partial charge is 0.496 e. The first kappa shape index (κ1) is 26.2. The summed E-state index contributed by atoms with van der Waals surface area (Å²) in [6.07, 6.45) is 0.477. The summed E-state index contributed by atoms with van der Waals surface area (Å²) in [6, 6.07) is 21.3. The molecule has 1 N–H and O–H groups in total. The number of rotatable bonds is 11. The normalized spacial score (nSPS) is 12.3. The lowest BCUT2D eigenvalue weighted by molar-refractivity contribution is -0.121. The minimum atomic E-state index is -3.93. The second-order valence-electron chi connectivity index (χ2n) is 8.24. The zero-order chi connectivity index (χ0) is 25.4. The van der Waals surface area contributed by atoms with Crippen LogP contribution >= 0.6 is 0 Å². The molecule has 0 saturated carbocycles. The SMILES string of the molecule is COc1ccc(S(=O)(=O)N(CCc2ccccc2)CC(=O)NC(C)c2ccccc2OC)cc1C. The molecule has 0 fully saturated rings. The van der Waals surface area contributed by atoms with E-state index in [1.54, 1.807) is 26.2 Å². The molecule has 0 aliphatic heterocycles.